The van der Waals surface area contributed by atoms with Crippen LogP contribution in [0.5, 0.6) is 0 Å². The summed E-state index contributed by atoms with van der Waals surface area (Å²) in [4.78, 5) is 1.63. The van der Waals surface area contributed by atoms with Gasteiger partial charge in [0.15, 0.2) is 0 Å². The van der Waals surface area contributed by atoms with Crippen molar-refractivity contribution in [2.24, 2.45) is 5.41 Å². The average Bonchev–Trinajstić information content (AvgIpc) is 2.81. The quantitative estimate of drug-likeness (QED) is 0.816. The monoisotopic (exact) mass is 263 g/mol. The summed E-state index contributed by atoms with van der Waals surface area (Å²) in [5.74, 6) is 0. The number of aryl methyl sites for hydroxylation is 1. The maximum atomic E-state index is 3.94. The van der Waals surface area contributed by atoms with Gasteiger partial charge in [-0.3, -0.25) is 0 Å². The second kappa shape index (κ2) is 4.97. The molecule has 0 aliphatic heterocycles. The highest BCUT2D eigenvalue weighted by atomic mass is 32.1. The van der Waals surface area contributed by atoms with Crippen LogP contribution in [0.2, 0.25) is 0 Å². The minimum absolute atomic E-state index is 0.582. The molecule has 1 aromatic heterocycles. The Kier molecular flexibility index (Phi) is 3.50. The van der Waals surface area contributed by atoms with Crippen molar-refractivity contribution in [2.45, 2.75) is 70.9 Å². The second-order valence-corrected chi connectivity index (χ2v) is 7.85. The maximum absolute atomic E-state index is 3.94. The molecule has 1 heterocycles. The van der Waals surface area contributed by atoms with Gasteiger partial charge in [0.05, 0.1) is 0 Å². The molecule has 100 valence electrons. The standard InChI is InChI=1S/C16H25NS/c1-16(2)9-6-12(7-10-16)17-14-4-3-5-15-13(14)8-11-18-15/h8,11-12,14,17H,3-7,9-10H2,1-2H3. The molecule has 2 aliphatic carbocycles. The van der Waals surface area contributed by atoms with Gasteiger partial charge in [-0.25, -0.2) is 0 Å². The zero-order chi connectivity index (χ0) is 12.6. The summed E-state index contributed by atoms with van der Waals surface area (Å²) in [7, 11) is 0. The van der Waals surface area contributed by atoms with Crippen LogP contribution in [0.3, 0.4) is 0 Å². The summed E-state index contributed by atoms with van der Waals surface area (Å²) in [5, 5.41) is 6.22. The van der Waals surface area contributed by atoms with Crippen LogP contribution in [0, 0.1) is 5.41 Å². The lowest BCUT2D eigenvalue weighted by Crippen LogP contribution is -2.38. The van der Waals surface area contributed by atoms with E-state index in [1.165, 1.54) is 44.9 Å². The molecule has 2 aliphatic rings. The molecule has 3 rings (SSSR count). The molecular weight excluding hydrogens is 238 g/mol. The van der Waals surface area contributed by atoms with Gasteiger partial charge in [-0.2, -0.15) is 0 Å². The molecule has 1 unspecified atom stereocenters. The van der Waals surface area contributed by atoms with Crippen LogP contribution >= 0.6 is 11.3 Å². The van der Waals surface area contributed by atoms with Crippen molar-refractivity contribution in [3.8, 4) is 0 Å². The number of fused-ring (bicyclic) bond motifs is 1. The van der Waals surface area contributed by atoms with E-state index in [1.54, 1.807) is 10.4 Å². The van der Waals surface area contributed by atoms with Gasteiger partial charge >= 0.3 is 0 Å². The van der Waals surface area contributed by atoms with Gasteiger partial charge < -0.3 is 5.32 Å². The van der Waals surface area contributed by atoms with E-state index in [0.29, 0.717) is 11.5 Å². The highest BCUT2D eigenvalue weighted by molar-refractivity contribution is 7.10. The lowest BCUT2D eigenvalue weighted by Gasteiger charge is -2.37. The summed E-state index contributed by atoms with van der Waals surface area (Å²) >= 11 is 1.95. The summed E-state index contributed by atoms with van der Waals surface area (Å²) in [6.07, 6.45) is 9.50. The van der Waals surface area contributed by atoms with Gasteiger partial charge in [-0.1, -0.05) is 13.8 Å². The Balaban J connectivity index is 1.62. The Bertz CT molecular complexity index is 397. The van der Waals surface area contributed by atoms with E-state index in [0.717, 1.165) is 6.04 Å². The number of hydrogen-bond acceptors (Lipinski definition) is 2. The lowest BCUT2D eigenvalue weighted by molar-refractivity contribution is 0.195. The normalized spacial score (nSPS) is 28.0. The zero-order valence-electron chi connectivity index (χ0n) is 11.7. The van der Waals surface area contributed by atoms with Crippen LogP contribution in [0.25, 0.3) is 0 Å². The van der Waals surface area contributed by atoms with Crippen molar-refractivity contribution in [3.05, 3.63) is 21.9 Å². The Morgan fingerprint density at radius 2 is 2.00 bits per heavy atom. The molecule has 1 fully saturated rings. The van der Waals surface area contributed by atoms with Crippen molar-refractivity contribution in [1.82, 2.24) is 5.32 Å². The molecule has 0 aromatic carbocycles. The third kappa shape index (κ3) is 2.65. The van der Waals surface area contributed by atoms with Crippen LogP contribution in [0.4, 0.5) is 0 Å². The third-order valence-electron chi connectivity index (χ3n) is 4.83. The average molecular weight is 263 g/mol. The predicted octanol–water partition coefficient (Wildman–Crippen LogP) is 4.68. The molecule has 1 aromatic rings. The summed E-state index contributed by atoms with van der Waals surface area (Å²) < 4.78 is 0. The fourth-order valence-electron chi connectivity index (χ4n) is 3.51. The van der Waals surface area contributed by atoms with E-state index in [4.69, 9.17) is 0 Å². The van der Waals surface area contributed by atoms with Gasteiger partial charge in [0.1, 0.15) is 0 Å². The van der Waals surface area contributed by atoms with Gasteiger partial charge in [-0.05, 0) is 67.4 Å². The number of hydrogen-bond donors (Lipinski definition) is 1. The summed E-state index contributed by atoms with van der Waals surface area (Å²) in [6.45, 7) is 4.83. The van der Waals surface area contributed by atoms with E-state index in [1.807, 2.05) is 11.3 Å². The molecule has 0 amide bonds. The van der Waals surface area contributed by atoms with Crippen molar-refractivity contribution in [1.29, 1.82) is 0 Å². The minimum Gasteiger partial charge on any atom is -0.307 e. The Labute approximate surface area is 115 Å². The number of nitrogens with one attached hydrogen (secondary N) is 1. The van der Waals surface area contributed by atoms with E-state index in [-0.39, 0.29) is 0 Å². The van der Waals surface area contributed by atoms with Gasteiger partial charge in [0, 0.05) is 17.0 Å². The van der Waals surface area contributed by atoms with E-state index in [2.05, 4.69) is 30.6 Å². The molecule has 1 atom stereocenters. The SMILES string of the molecule is CC1(C)CCC(NC2CCCc3sccc32)CC1. The fraction of sp³-hybridized carbons (Fsp3) is 0.750. The largest absolute Gasteiger partial charge is 0.307 e. The van der Waals surface area contributed by atoms with E-state index < -0.39 is 0 Å². The van der Waals surface area contributed by atoms with Crippen LogP contribution < -0.4 is 5.32 Å². The van der Waals surface area contributed by atoms with Gasteiger partial charge in [0.25, 0.3) is 0 Å². The molecular formula is C16H25NS. The lowest BCUT2D eigenvalue weighted by atomic mass is 9.75. The Morgan fingerprint density at radius 3 is 2.78 bits per heavy atom. The molecule has 0 bridgehead atoms. The predicted molar refractivity (Wildman–Crippen MR) is 79.2 cm³/mol. The van der Waals surface area contributed by atoms with Crippen molar-refractivity contribution < 1.29 is 0 Å². The molecule has 1 saturated carbocycles. The Morgan fingerprint density at radius 1 is 1.22 bits per heavy atom. The summed E-state index contributed by atoms with van der Waals surface area (Å²) in [6, 6.07) is 3.75. The smallest absolute Gasteiger partial charge is 0.0333 e. The molecule has 18 heavy (non-hydrogen) atoms. The van der Waals surface area contributed by atoms with Crippen LogP contribution in [0.1, 0.15) is 68.9 Å². The maximum Gasteiger partial charge on any atom is 0.0333 e. The minimum atomic E-state index is 0.582. The molecule has 0 spiro atoms. The fourth-order valence-corrected chi connectivity index (χ4v) is 4.50. The third-order valence-corrected chi connectivity index (χ3v) is 5.82. The molecule has 0 radical (unpaired) electrons. The highest BCUT2D eigenvalue weighted by Gasteiger charge is 2.29. The first kappa shape index (κ1) is 12.7. The van der Waals surface area contributed by atoms with Crippen LogP contribution in [0.15, 0.2) is 11.4 Å². The van der Waals surface area contributed by atoms with E-state index in [9.17, 15) is 0 Å². The van der Waals surface area contributed by atoms with Crippen molar-refractivity contribution in [3.63, 3.8) is 0 Å². The Hall–Kier alpha value is -0.340. The van der Waals surface area contributed by atoms with Gasteiger partial charge in [-0.15, -0.1) is 11.3 Å². The summed E-state index contributed by atoms with van der Waals surface area (Å²) in [5.41, 5.74) is 2.19. The first-order chi connectivity index (χ1) is 8.64. The zero-order valence-corrected chi connectivity index (χ0v) is 12.5. The van der Waals surface area contributed by atoms with Crippen molar-refractivity contribution in [2.75, 3.05) is 0 Å². The van der Waals surface area contributed by atoms with Gasteiger partial charge in [0.2, 0.25) is 0 Å². The first-order valence-electron chi connectivity index (χ1n) is 7.46. The highest BCUT2D eigenvalue weighted by Crippen LogP contribution is 2.38. The number of rotatable bonds is 2. The van der Waals surface area contributed by atoms with Crippen molar-refractivity contribution >= 4 is 11.3 Å². The number of thiophene rings is 1. The van der Waals surface area contributed by atoms with Crippen LogP contribution in [-0.2, 0) is 6.42 Å². The van der Waals surface area contributed by atoms with E-state index >= 15 is 0 Å². The van der Waals surface area contributed by atoms with Crippen LogP contribution in [-0.4, -0.2) is 6.04 Å². The second-order valence-electron chi connectivity index (χ2n) is 6.85. The first-order valence-corrected chi connectivity index (χ1v) is 8.34. The molecule has 1 N–H and O–H groups in total. The topological polar surface area (TPSA) is 12.0 Å². The molecule has 2 heteroatoms. The molecule has 0 saturated heterocycles. The molecule has 1 nitrogen and oxygen atoms in total.